The predicted octanol–water partition coefficient (Wildman–Crippen LogP) is 1.50. The summed E-state index contributed by atoms with van der Waals surface area (Å²) in [5.74, 6) is 0. The van der Waals surface area contributed by atoms with Crippen molar-refractivity contribution in [3.05, 3.63) is 0 Å². The van der Waals surface area contributed by atoms with Crippen molar-refractivity contribution in [2.24, 2.45) is 5.73 Å². The molecule has 2 N–H and O–H groups in total. The van der Waals surface area contributed by atoms with Crippen molar-refractivity contribution in [3.63, 3.8) is 0 Å². The van der Waals surface area contributed by atoms with Crippen LogP contribution in [0.25, 0.3) is 0 Å². The second-order valence-corrected chi connectivity index (χ2v) is 4.34. The maximum atomic E-state index is 12.8. The molecular formula is C9H15F3N2. The van der Waals surface area contributed by atoms with Gasteiger partial charge in [0.1, 0.15) is 5.54 Å². The fraction of sp³-hybridized carbons (Fsp3) is 1.00. The third-order valence-electron chi connectivity index (χ3n) is 3.55. The molecular weight excluding hydrogens is 193 g/mol. The van der Waals surface area contributed by atoms with Crippen molar-refractivity contribution < 1.29 is 13.2 Å². The van der Waals surface area contributed by atoms with Crippen LogP contribution >= 0.6 is 0 Å². The average Bonchev–Trinajstić information content (AvgIpc) is 2.45. The van der Waals surface area contributed by atoms with E-state index in [9.17, 15) is 13.2 Å². The molecule has 0 aromatic rings. The number of nitrogens with two attached hydrogens (primary N) is 1. The average molecular weight is 208 g/mol. The molecule has 14 heavy (non-hydrogen) atoms. The maximum Gasteiger partial charge on any atom is 0.407 e. The molecule has 2 fully saturated rings. The molecule has 2 saturated heterocycles. The molecule has 0 aliphatic carbocycles. The SMILES string of the molecule is NC1(C(F)(F)F)CCN2CCCCC21. The maximum absolute atomic E-state index is 12.8. The molecule has 2 rings (SSSR count). The third-order valence-corrected chi connectivity index (χ3v) is 3.55. The number of hydrogen-bond donors (Lipinski definition) is 1. The lowest BCUT2D eigenvalue weighted by atomic mass is 9.86. The van der Waals surface area contributed by atoms with Crippen molar-refractivity contribution >= 4 is 0 Å². The first-order valence-electron chi connectivity index (χ1n) is 5.05. The molecule has 2 heterocycles. The largest absolute Gasteiger partial charge is 0.407 e. The van der Waals surface area contributed by atoms with Gasteiger partial charge in [-0.1, -0.05) is 6.42 Å². The summed E-state index contributed by atoms with van der Waals surface area (Å²) in [6.07, 6.45) is -1.73. The molecule has 2 aliphatic heterocycles. The van der Waals surface area contributed by atoms with Crippen LogP contribution in [0.2, 0.25) is 0 Å². The standard InChI is InChI=1S/C9H15F3N2/c10-9(11,12)8(13)4-6-14-5-2-1-3-7(8)14/h7H,1-6,13H2. The Labute approximate surface area is 81.2 Å². The Morgan fingerprint density at radius 1 is 1.21 bits per heavy atom. The van der Waals surface area contributed by atoms with Crippen molar-refractivity contribution in [1.82, 2.24) is 4.90 Å². The molecule has 0 amide bonds. The van der Waals surface area contributed by atoms with Crippen LogP contribution in [0, 0.1) is 0 Å². The molecule has 0 aromatic heterocycles. The van der Waals surface area contributed by atoms with Gasteiger partial charge in [-0.3, -0.25) is 4.90 Å². The zero-order chi connectivity index (χ0) is 10.4. The van der Waals surface area contributed by atoms with Crippen LogP contribution in [-0.4, -0.2) is 35.7 Å². The minimum absolute atomic E-state index is 0.0567. The topological polar surface area (TPSA) is 29.3 Å². The summed E-state index contributed by atoms with van der Waals surface area (Å²) in [5, 5.41) is 0. The van der Waals surface area contributed by atoms with Gasteiger partial charge < -0.3 is 5.73 Å². The van der Waals surface area contributed by atoms with Crippen LogP contribution in [0.4, 0.5) is 13.2 Å². The van der Waals surface area contributed by atoms with E-state index in [0.29, 0.717) is 13.0 Å². The van der Waals surface area contributed by atoms with Gasteiger partial charge in [-0.25, -0.2) is 0 Å². The summed E-state index contributed by atoms with van der Waals surface area (Å²) in [7, 11) is 0. The fourth-order valence-electron chi connectivity index (χ4n) is 2.67. The number of rotatable bonds is 0. The van der Waals surface area contributed by atoms with Crippen LogP contribution in [0.1, 0.15) is 25.7 Å². The number of halogens is 3. The quantitative estimate of drug-likeness (QED) is 0.653. The molecule has 2 nitrogen and oxygen atoms in total. The fourth-order valence-corrected chi connectivity index (χ4v) is 2.67. The lowest BCUT2D eigenvalue weighted by Gasteiger charge is -2.39. The van der Waals surface area contributed by atoms with Crippen LogP contribution in [0.15, 0.2) is 0 Å². The number of fused-ring (bicyclic) bond motifs is 1. The highest BCUT2D eigenvalue weighted by molar-refractivity contribution is 5.08. The minimum atomic E-state index is -4.26. The Hall–Kier alpha value is -0.290. The number of nitrogens with zero attached hydrogens (tertiary/aromatic N) is 1. The first kappa shape index (κ1) is 10.2. The lowest BCUT2D eigenvalue weighted by Crippen LogP contribution is -2.62. The molecule has 0 spiro atoms. The van der Waals surface area contributed by atoms with E-state index < -0.39 is 17.8 Å². The molecule has 0 aromatic carbocycles. The molecule has 2 atom stereocenters. The highest BCUT2D eigenvalue weighted by atomic mass is 19.4. The zero-order valence-corrected chi connectivity index (χ0v) is 7.98. The van der Waals surface area contributed by atoms with Crippen LogP contribution in [0.5, 0.6) is 0 Å². The van der Waals surface area contributed by atoms with E-state index in [0.717, 1.165) is 19.4 Å². The van der Waals surface area contributed by atoms with E-state index in [2.05, 4.69) is 0 Å². The second-order valence-electron chi connectivity index (χ2n) is 4.34. The van der Waals surface area contributed by atoms with Gasteiger partial charge in [0.25, 0.3) is 0 Å². The first-order chi connectivity index (χ1) is 6.45. The normalized spacial score (nSPS) is 39.9. The van der Waals surface area contributed by atoms with Gasteiger partial charge in [0.15, 0.2) is 0 Å². The van der Waals surface area contributed by atoms with E-state index >= 15 is 0 Å². The van der Waals surface area contributed by atoms with Crippen molar-refractivity contribution in [1.29, 1.82) is 0 Å². The van der Waals surface area contributed by atoms with E-state index in [1.165, 1.54) is 0 Å². The summed E-state index contributed by atoms with van der Waals surface area (Å²) in [6, 6.07) is -0.476. The van der Waals surface area contributed by atoms with Crippen molar-refractivity contribution in [2.75, 3.05) is 13.1 Å². The summed E-state index contributed by atoms with van der Waals surface area (Å²) in [4.78, 5) is 1.90. The molecule has 2 aliphatic rings. The Bertz CT molecular complexity index is 229. The van der Waals surface area contributed by atoms with Crippen LogP contribution < -0.4 is 5.73 Å². The molecule has 0 radical (unpaired) electrons. The third kappa shape index (κ3) is 1.34. The number of alkyl halides is 3. The molecule has 0 saturated carbocycles. The molecule has 0 bridgehead atoms. The molecule has 5 heteroatoms. The lowest BCUT2D eigenvalue weighted by molar-refractivity contribution is -0.193. The molecule has 82 valence electrons. The van der Waals surface area contributed by atoms with E-state index in [4.69, 9.17) is 5.73 Å². The summed E-state index contributed by atoms with van der Waals surface area (Å²) in [6.45, 7) is 1.28. The van der Waals surface area contributed by atoms with Gasteiger partial charge in [-0.15, -0.1) is 0 Å². The summed E-state index contributed by atoms with van der Waals surface area (Å²) in [5.41, 5.74) is 3.57. The van der Waals surface area contributed by atoms with Gasteiger partial charge >= 0.3 is 6.18 Å². The van der Waals surface area contributed by atoms with Crippen LogP contribution in [-0.2, 0) is 0 Å². The number of piperidine rings is 1. The number of hydrogen-bond acceptors (Lipinski definition) is 2. The van der Waals surface area contributed by atoms with Gasteiger partial charge in [-0.05, 0) is 25.8 Å². The smallest absolute Gasteiger partial charge is 0.316 e. The van der Waals surface area contributed by atoms with E-state index in [-0.39, 0.29) is 6.42 Å². The Morgan fingerprint density at radius 3 is 2.57 bits per heavy atom. The van der Waals surface area contributed by atoms with Gasteiger partial charge in [-0.2, -0.15) is 13.2 Å². The zero-order valence-electron chi connectivity index (χ0n) is 7.98. The van der Waals surface area contributed by atoms with Gasteiger partial charge in [0.05, 0.1) is 0 Å². The highest BCUT2D eigenvalue weighted by Crippen LogP contribution is 2.43. The Morgan fingerprint density at radius 2 is 1.93 bits per heavy atom. The Kier molecular flexibility index (Phi) is 2.27. The van der Waals surface area contributed by atoms with Crippen molar-refractivity contribution in [3.8, 4) is 0 Å². The van der Waals surface area contributed by atoms with Gasteiger partial charge in [0.2, 0.25) is 0 Å². The highest BCUT2D eigenvalue weighted by Gasteiger charge is 2.61. The van der Waals surface area contributed by atoms with E-state index in [1.807, 2.05) is 4.90 Å². The second kappa shape index (κ2) is 3.10. The predicted molar refractivity (Wildman–Crippen MR) is 46.8 cm³/mol. The van der Waals surface area contributed by atoms with Crippen LogP contribution in [0.3, 0.4) is 0 Å². The minimum Gasteiger partial charge on any atom is -0.316 e. The first-order valence-corrected chi connectivity index (χ1v) is 5.05. The summed E-state index contributed by atoms with van der Waals surface area (Å²) < 4.78 is 38.3. The summed E-state index contributed by atoms with van der Waals surface area (Å²) >= 11 is 0. The van der Waals surface area contributed by atoms with Gasteiger partial charge in [0, 0.05) is 12.6 Å². The Balaban J connectivity index is 2.21. The van der Waals surface area contributed by atoms with E-state index in [1.54, 1.807) is 0 Å². The monoisotopic (exact) mass is 208 g/mol. The molecule has 2 unspecified atom stereocenters. The van der Waals surface area contributed by atoms with Crippen molar-refractivity contribution in [2.45, 2.75) is 43.4 Å².